The molecule has 0 bridgehead atoms. The van der Waals surface area contributed by atoms with E-state index in [4.69, 9.17) is 0 Å². The summed E-state index contributed by atoms with van der Waals surface area (Å²) in [5, 5.41) is 31.1. The van der Waals surface area contributed by atoms with Gasteiger partial charge in [-0.25, -0.2) is 0 Å². The molecular weight excluding hydrogens is 358 g/mol. The van der Waals surface area contributed by atoms with Crippen molar-refractivity contribution in [1.29, 1.82) is 0 Å². The van der Waals surface area contributed by atoms with Crippen LogP contribution >= 0.6 is 0 Å². The standard InChI is InChI=1S/C22H27NO5/c1-15-5-6-16(13-20(15)26)3-2-4-18(24)8-10-22(28)23-12-11-17-7-9-19(25)21(27)14-17/h5-7,9,13-14,25-27H,2-4,8,10-12H2,1H3,(H,23,28). The number of amides is 1. The molecule has 28 heavy (non-hydrogen) atoms. The maximum atomic E-state index is 11.9. The number of phenols is 3. The normalized spacial score (nSPS) is 10.6. The lowest BCUT2D eigenvalue weighted by Gasteiger charge is -2.07. The number of aryl methyl sites for hydroxylation is 2. The molecule has 0 heterocycles. The first-order valence-corrected chi connectivity index (χ1v) is 9.43. The van der Waals surface area contributed by atoms with Gasteiger partial charge in [-0.2, -0.15) is 0 Å². The van der Waals surface area contributed by atoms with Crippen LogP contribution in [-0.4, -0.2) is 33.6 Å². The average molecular weight is 385 g/mol. The second-order valence-corrected chi connectivity index (χ2v) is 6.94. The number of phenolic OH excluding ortho intramolecular Hbond substituents is 3. The third-order valence-corrected chi connectivity index (χ3v) is 4.60. The van der Waals surface area contributed by atoms with Gasteiger partial charge >= 0.3 is 0 Å². The number of rotatable bonds is 10. The van der Waals surface area contributed by atoms with Crippen LogP contribution in [0.1, 0.15) is 42.4 Å². The van der Waals surface area contributed by atoms with Gasteiger partial charge in [0.1, 0.15) is 11.5 Å². The molecule has 150 valence electrons. The zero-order valence-electron chi connectivity index (χ0n) is 16.1. The number of carbonyl (C=O) groups excluding carboxylic acids is 2. The molecule has 0 aliphatic heterocycles. The van der Waals surface area contributed by atoms with Gasteiger partial charge in [-0.05, 0) is 61.1 Å². The number of ketones is 1. The summed E-state index contributed by atoms with van der Waals surface area (Å²) in [4.78, 5) is 23.8. The summed E-state index contributed by atoms with van der Waals surface area (Å²) in [6.45, 7) is 2.23. The topological polar surface area (TPSA) is 107 Å². The summed E-state index contributed by atoms with van der Waals surface area (Å²) in [5.74, 6) is -0.224. The van der Waals surface area contributed by atoms with Crippen LogP contribution in [0.4, 0.5) is 0 Å². The van der Waals surface area contributed by atoms with E-state index in [0.717, 1.165) is 16.7 Å². The van der Waals surface area contributed by atoms with E-state index in [2.05, 4.69) is 5.32 Å². The van der Waals surface area contributed by atoms with Crippen molar-refractivity contribution < 1.29 is 24.9 Å². The molecule has 0 aliphatic rings. The van der Waals surface area contributed by atoms with Crippen LogP contribution in [0.25, 0.3) is 0 Å². The van der Waals surface area contributed by atoms with E-state index in [9.17, 15) is 24.9 Å². The largest absolute Gasteiger partial charge is 0.508 e. The fraction of sp³-hybridized carbons (Fsp3) is 0.364. The minimum Gasteiger partial charge on any atom is -0.508 e. The number of Topliss-reactive ketones (excluding diaryl/α,β-unsaturated/α-hetero) is 1. The Morgan fingerprint density at radius 1 is 0.821 bits per heavy atom. The molecule has 6 heteroatoms. The zero-order valence-corrected chi connectivity index (χ0v) is 16.1. The number of nitrogens with one attached hydrogen (secondary N) is 1. The van der Waals surface area contributed by atoms with Crippen molar-refractivity contribution in [2.75, 3.05) is 6.54 Å². The Kier molecular flexibility index (Phi) is 7.87. The number of hydrogen-bond donors (Lipinski definition) is 4. The molecular formula is C22H27NO5. The van der Waals surface area contributed by atoms with Gasteiger partial charge in [-0.15, -0.1) is 0 Å². The van der Waals surface area contributed by atoms with Gasteiger partial charge in [-0.3, -0.25) is 9.59 Å². The second kappa shape index (κ2) is 10.3. The van der Waals surface area contributed by atoms with E-state index in [1.54, 1.807) is 12.1 Å². The molecule has 2 aromatic rings. The molecule has 0 unspecified atom stereocenters. The van der Waals surface area contributed by atoms with Crippen LogP contribution in [0.15, 0.2) is 36.4 Å². The molecule has 0 aromatic heterocycles. The summed E-state index contributed by atoms with van der Waals surface area (Å²) in [6.07, 6.45) is 2.71. The highest BCUT2D eigenvalue weighted by molar-refractivity contribution is 5.84. The van der Waals surface area contributed by atoms with Crippen LogP contribution in [-0.2, 0) is 22.4 Å². The van der Waals surface area contributed by atoms with Gasteiger partial charge in [0.2, 0.25) is 5.91 Å². The van der Waals surface area contributed by atoms with E-state index >= 15 is 0 Å². The fourth-order valence-electron chi connectivity index (χ4n) is 2.84. The van der Waals surface area contributed by atoms with Crippen LogP contribution in [0.5, 0.6) is 17.2 Å². The first-order valence-electron chi connectivity index (χ1n) is 9.43. The zero-order chi connectivity index (χ0) is 20.5. The monoisotopic (exact) mass is 385 g/mol. The Bertz CT molecular complexity index is 762. The highest BCUT2D eigenvalue weighted by Gasteiger charge is 2.08. The van der Waals surface area contributed by atoms with Gasteiger partial charge in [-0.1, -0.05) is 18.2 Å². The number of carbonyl (C=O) groups is 2. The molecule has 1 amide bonds. The lowest BCUT2D eigenvalue weighted by molar-refractivity contribution is -0.125. The summed E-state index contributed by atoms with van der Waals surface area (Å²) in [5.41, 5.74) is 2.62. The van der Waals surface area contributed by atoms with Crippen molar-refractivity contribution in [3.05, 3.63) is 53.1 Å². The highest BCUT2D eigenvalue weighted by Crippen LogP contribution is 2.24. The summed E-state index contributed by atoms with van der Waals surface area (Å²) >= 11 is 0. The summed E-state index contributed by atoms with van der Waals surface area (Å²) in [6, 6.07) is 10.1. The molecule has 0 spiro atoms. The van der Waals surface area contributed by atoms with E-state index in [1.807, 2.05) is 19.1 Å². The summed E-state index contributed by atoms with van der Waals surface area (Å²) in [7, 11) is 0. The van der Waals surface area contributed by atoms with Gasteiger partial charge in [0.05, 0.1) is 0 Å². The van der Waals surface area contributed by atoms with Crippen molar-refractivity contribution in [1.82, 2.24) is 5.32 Å². The predicted molar refractivity (Wildman–Crippen MR) is 107 cm³/mol. The molecule has 2 aromatic carbocycles. The number of benzene rings is 2. The molecule has 6 nitrogen and oxygen atoms in total. The van der Waals surface area contributed by atoms with Crippen molar-refractivity contribution in [3.63, 3.8) is 0 Å². The van der Waals surface area contributed by atoms with Crippen LogP contribution in [0.3, 0.4) is 0 Å². The van der Waals surface area contributed by atoms with E-state index in [0.29, 0.717) is 32.2 Å². The quantitative estimate of drug-likeness (QED) is 0.470. The van der Waals surface area contributed by atoms with Crippen molar-refractivity contribution in [3.8, 4) is 17.2 Å². The van der Waals surface area contributed by atoms with Crippen molar-refractivity contribution >= 4 is 11.7 Å². The van der Waals surface area contributed by atoms with Crippen LogP contribution in [0, 0.1) is 6.92 Å². The van der Waals surface area contributed by atoms with Crippen LogP contribution < -0.4 is 5.32 Å². The number of hydrogen-bond acceptors (Lipinski definition) is 5. The van der Waals surface area contributed by atoms with Gasteiger partial charge in [0, 0.05) is 25.8 Å². The van der Waals surface area contributed by atoms with Crippen molar-refractivity contribution in [2.24, 2.45) is 0 Å². The molecule has 0 aliphatic carbocycles. The molecule has 0 saturated heterocycles. The Morgan fingerprint density at radius 3 is 2.21 bits per heavy atom. The maximum absolute atomic E-state index is 11.9. The highest BCUT2D eigenvalue weighted by atomic mass is 16.3. The number of aromatic hydroxyl groups is 3. The molecule has 0 radical (unpaired) electrons. The third-order valence-electron chi connectivity index (χ3n) is 4.60. The summed E-state index contributed by atoms with van der Waals surface area (Å²) < 4.78 is 0. The van der Waals surface area contributed by atoms with E-state index in [1.165, 1.54) is 12.1 Å². The molecule has 4 N–H and O–H groups in total. The minimum atomic E-state index is -0.185. The van der Waals surface area contributed by atoms with Crippen LogP contribution in [0.2, 0.25) is 0 Å². The van der Waals surface area contributed by atoms with Gasteiger partial charge in [0.15, 0.2) is 11.5 Å². The minimum absolute atomic E-state index is 0.0509. The second-order valence-electron chi connectivity index (χ2n) is 6.94. The smallest absolute Gasteiger partial charge is 0.220 e. The Morgan fingerprint density at radius 2 is 1.50 bits per heavy atom. The molecule has 0 fully saturated rings. The van der Waals surface area contributed by atoms with Gasteiger partial charge in [0.25, 0.3) is 0 Å². The van der Waals surface area contributed by atoms with E-state index < -0.39 is 0 Å². The lowest BCUT2D eigenvalue weighted by Crippen LogP contribution is -2.26. The Hall–Kier alpha value is -3.02. The maximum Gasteiger partial charge on any atom is 0.220 e. The molecule has 2 rings (SSSR count). The molecule has 0 saturated carbocycles. The Labute approximate surface area is 164 Å². The van der Waals surface area contributed by atoms with Gasteiger partial charge < -0.3 is 20.6 Å². The lowest BCUT2D eigenvalue weighted by atomic mass is 10.0. The first-order chi connectivity index (χ1) is 13.3. The first kappa shape index (κ1) is 21.3. The van der Waals surface area contributed by atoms with E-state index in [-0.39, 0.29) is 41.8 Å². The third kappa shape index (κ3) is 6.95. The SMILES string of the molecule is Cc1ccc(CCCC(=O)CCC(=O)NCCc2ccc(O)c(O)c2)cc1O. The average Bonchev–Trinajstić information content (AvgIpc) is 2.66. The fourth-order valence-corrected chi connectivity index (χ4v) is 2.84. The Balaban J connectivity index is 1.60. The molecule has 0 atom stereocenters. The van der Waals surface area contributed by atoms with Crippen molar-refractivity contribution in [2.45, 2.75) is 45.4 Å². The predicted octanol–water partition coefficient (Wildman–Crippen LogP) is 3.14.